The lowest BCUT2D eigenvalue weighted by Gasteiger charge is -2.42. The summed E-state index contributed by atoms with van der Waals surface area (Å²) in [6.07, 6.45) is 15.1. The quantitative estimate of drug-likeness (QED) is 0.399. The van der Waals surface area contributed by atoms with Crippen molar-refractivity contribution in [2.45, 2.75) is 37.5 Å². The first kappa shape index (κ1) is 24.0. The SMILES string of the molecule is COC1COCCC1N1CCC(n2cc(-c3cnc(-c4cccc(-c5cnn(C)c5)c4)nc3)cn2)CC1. The van der Waals surface area contributed by atoms with Crippen LogP contribution in [0, 0.1) is 0 Å². The maximum absolute atomic E-state index is 5.68. The van der Waals surface area contributed by atoms with E-state index >= 15 is 0 Å². The number of likely N-dealkylation sites (tertiary alicyclic amines) is 1. The van der Waals surface area contributed by atoms with E-state index in [9.17, 15) is 0 Å². The molecule has 0 radical (unpaired) electrons. The van der Waals surface area contributed by atoms with Crippen LogP contribution in [0.15, 0.2) is 61.4 Å². The van der Waals surface area contributed by atoms with Crippen LogP contribution in [0.25, 0.3) is 33.6 Å². The summed E-state index contributed by atoms with van der Waals surface area (Å²) in [7, 11) is 3.71. The summed E-state index contributed by atoms with van der Waals surface area (Å²) in [5.41, 5.74) is 5.17. The molecule has 192 valence electrons. The third-order valence-corrected chi connectivity index (χ3v) is 7.66. The molecule has 9 nitrogen and oxygen atoms in total. The summed E-state index contributed by atoms with van der Waals surface area (Å²) in [4.78, 5) is 11.9. The molecule has 4 aromatic rings. The average molecular weight is 500 g/mol. The van der Waals surface area contributed by atoms with E-state index in [1.165, 1.54) is 0 Å². The zero-order valence-corrected chi connectivity index (χ0v) is 21.4. The van der Waals surface area contributed by atoms with Crippen LogP contribution in [0.4, 0.5) is 0 Å². The lowest BCUT2D eigenvalue weighted by atomic mass is 9.98. The summed E-state index contributed by atoms with van der Waals surface area (Å²) in [5, 5.41) is 8.98. The number of hydrogen-bond acceptors (Lipinski definition) is 7. The van der Waals surface area contributed by atoms with Gasteiger partial charge in [-0.25, -0.2) is 9.97 Å². The number of rotatable bonds is 6. The van der Waals surface area contributed by atoms with Crippen molar-refractivity contribution in [3.8, 4) is 33.6 Å². The van der Waals surface area contributed by atoms with Crippen LogP contribution >= 0.6 is 0 Å². The van der Waals surface area contributed by atoms with E-state index in [0.717, 1.165) is 66.8 Å². The van der Waals surface area contributed by atoms with E-state index in [1.54, 1.807) is 11.8 Å². The minimum absolute atomic E-state index is 0.169. The fourth-order valence-electron chi connectivity index (χ4n) is 5.55. The Morgan fingerprint density at radius 2 is 1.62 bits per heavy atom. The molecule has 1 aromatic carbocycles. The standard InChI is InChI=1S/C28H33N7O2/c1-33-17-23(15-31-33)20-4-3-5-21(12-20)28-29-13-22(14-30-28)24-16-32-35(18-24)25-6-9-34(10-7-25)26-8-11-37-19-27(26)36-2/h3-5,12-18,25-27H,6-11,19H2,1-2H3. The molecule has 0 N–H and O–H groups in total. The first-order chi connectivity index (χ1) is 18.2. The average Bonchev–Trinajstić information content (AvgIpc) is 3.63. The molecule has 0 saturated carbocycles. The Labute approximate surface area is 217 Å². The number of nitrogens with zero attached hydrogens (tertiary/aromatic N) is 7. The normalized spacial score (nSPS) is 21.4. The molecule has 2 aliphatic rings. The maximum Gasteiger partial charge on any atom is 0.159 e. The van der Waals surface area contributed by atoms with E-state index in [1.807, 2.05) is 50.2 Å². The van der Waals surface area contributed by atoms with Crippen LogP contribution in [-0.4, -0.2) is 80.0 Å². The number of methoxy groups -OCH3 is 1. The van der Waals surface area contributed by atoms with Crippen molar-refractivity contribution in [2.24, 2.45) is 7.05 Å². The van der Waals surface area contributed by atoms with Gasteiger partial charge in [0.2, 0.25) is 0 Å². The van der Waals surface area contributed by atoms with E-state index in [0.29, 0.717) is 24.5 Å². The number of piperidine rings is 1. The highest BCUT2D eigenvalue weighted by Crippen LogP contribution is 2.29. The van der Waals surface area contributed by atoms with Crippen molar-refractivity contribution in [1.82, 2.24) is 34.4 Å². The third kappa shape index (κ3) is 5.07. The van der Waals surface area contributed by atoms with Crippen LogP contribution in [0.5, 0.6) is 0 Å². The van der Waals surface area contributed by atoms with Gasteiger partial charge in [-0.1, -0.05) is 18.2 Å². The largest absolute Gasteiger partial charge is 0.379 e. The van der Waals surface area contributed by atoms with E-state index in [-0.39, 0.29) is 6.10 Å². The molecule has 6 rings (SSSR count). The molecule has 2 aliphatic heterocycles. The third-order valence-electron chi connectivity index (χ3n) is 7.66. The summed E-state index contributed by atoms with van der Waals surface area (Å²) in [6, 6.07) is 9.10. The summed E-state index contributed by atoms with van der Waals surface area (Å²) in [5.74, 6) is 0.705. The van der Waals surface area contributed by atoms with Crippen LogP contribution in [0.2, 0.25) is 0 Å². The number of hydrogen-bond donors (Lipinski definition) is 0. The fourth-order valence-corrected chi connectivity index (χ4v) is 5.55. The Morgan fingerprint density at radius 1 is 0.865 bits per heavy atom. The van der Waals surface area contributed by atoms with Crippen molar-refractivity contribution in [3.05, 3.63) is 61.4 Å². The van der Waals surface area contributed by atoms with Crippen LogP contribution in [-0.2, 0) is 16.5 Å². The van der Waals surface area contributed by atoms with Gasteiger partial charge in [0.1, 0.15) is 0 Å². The Balaban J connectivity index is 1.11. The van der Waals surface area contributed by atoms with Crippen molar-refractivity contribution in [3.63, 3.8) is 0 Å². The van der Waals surface area contributed by atoms with E-state index in [2.05, 4.69) is 43.0 Å². The Hall–Kier alpha value is -3.40. The molecule has 37 heavy (non-hydrogen) atoms. The van der Waals surface area contributed by atoms with Crippen molar-refractivity contribution in [2.75, 3.05) is 33.4 Å². The van der Waals surface area contributed by atoms with Gasteiger partial charge in [-0.15, -0.1) is 0 Å². The molecule has 2 atom stereocenters. The van der Waals surface area contributed by atoms with Crippen LogP contribution < -0.4 is 0 Å². The monoisotopic (exact) mass is 499 g/mol. The molecule has 5 heterocycles. The molecule has 3 aromatic heterocycles. The fraction of sp³-hybridized carbons (Fsp3) is 0.429. The molecule has 9 heteroatoms. The van der Waals surface area contributed by atoms with Crippen molar-refractivity contribution >= 4 is 0 Å². The first-order valence-corrected chi connectivity index (χ1v) is 13.0. The number of aromatic nitrogens is 6. The summed E-state index contributed by atoms with van der Waals surface area (Å²) < 4.78 is 15.2. The second kappa shape index (κ2) is 10.5. The molecule has 0 bridgehead atoms. The molecule has 2 saturated heterocycles. The second-order valence-electron chi connectivity index (χ2n) is 9.96. The molecule has 2 fully saturated rings. The summed E-state index contributed by atoms with van der Waals surface area (Å²) >= 11 is 0. The number of ether oxygens (including phenoxy) is 2. The van der Waals surface area contributed by atoms with Gasteiger partial charge in [-0.05, 0) is 30.9 Å². The minimum Gasteiger partial charge on any atom is -0.379 e. The smallest absolute Gasteiger partial charge is 0.159 e. The molecule has 0 aliphatic carbocycles. The zero-order chi connectivity index (χ0) is 25.2. The lowest BCUT2D eigenvalue weighted by Crippen LogP contribution is -2.52. The maximum atomic E-state index is 5.68. The van der Waals surface area contributed by atoms with Crippen LogP contribution in [0.1, 0.15) is 25.3 Å². The van der Waals surface area contributed by atoms with Gasteiger partial charge in [-0.3, -0.25) is 14.3 Å². The van der Waals surface area contributed by atoms with Crippen molar-refractivity contribution in [1.29, 1.82) is 0 Å². The number of aryl methyl sites for hydroxylation is 1. The van der Waals surface area contributed by atoms with Gasteiger partial charge in [0.25, 0.3) is 0 Å². The van der Waals surface area contributed by atoms with Gasteiger partial charge < -0.3 is 9.47 Å². The Morgan fingerprint density at radius 3 is 2.38 bits per heavy atom. The van der Waals surface area contributed by atoms with E-state index in [4.69, 9.17) is 14.6 Å². The van der Waals surface area contributed by atoms with Crippen molar-refractivity contribution < 1.29 is 9.47 Å². The topological polar surface area (TPSA) is 83.1 Å². The highest BCUT2D eigenvalue weighted by atomic mass is 16.5. The molecule has 0 spiro atoms. The Bertz CT molecular complexity index is 1320. The molecule has 2 unspecified atom stereocenters. The predicted octanol–water partition coefficient (Wildman–Crippen LogP) is 3.85. The minimum atomic E-state index is 0.169. The highest BCUT2D eigenvalue weighted by molar-refractivity contribution is 5.70. The van der Waals surface area contributed by atoms with Crippen LogP contribution in [0.3, 0.4) is 0 Å². The van der Waals surface area contributed by atoms with Gasteiger partial charge in [0.15, 0.2) is 5.82 Å². The Kier molecular flexibility index (Phi) is 6.82. The van der Waals surface area contributed by atoms with Gasteiger partial charge >= 0.3 is 0 Å². The second-order valence-corrected chi connectivity index (χ2v) is 9.96. The molecule has 0 amide bonds. The number of benzene rings is 1. The molecular weight excluding hydrogens is 466 g/mol. The van der Waals surface area contributed by atoms with E-state index < -0.39 is 0 Å². The van der Waals surface area contributed by atoms with Gasteiger partial charge in [0, 0.05) is 86.9 Å². The zero-order valence-electron chi connectivity index (χ0n) is 21.4. The first-order valence-electron chi connectivity index (χ1n) is 13.0. The lowest BCUT2D eigenvalue weighted by molar-refractivity contribution is -0.0880. The highest BCUT2D eigenvalue weighted by Gasteiger charge is 2.33. The molecular formula is C28H33N7O2. The predicted molar refractivity (Wildman–Crippen MR) is 141 cm³/mol. The van der Waals surface area contributed by atoms with Gasteiger partial charge in [-0.2, -0.15) is 10.2 Å². The summed E-state index contributed by atoms with van der Waals surface area (Å²) in [6.45, 7) is 3.63. The van der Waals surface area contributed by atoms with Gasteiger partial charge in [0.05, 0.1) is 31.1 Å².